The molecule has 0 saturated heterocycles. The van der Waals surface area contributed by atoms with Gasteiger partial charge in [0.05, 0.1) is 16.6 Å². The van der Waals surface area contributed by atoms with Gasteiger partial charge in [0.15, 0.2) is 0 Å². The molecule has 1 aromatic carbocycles. The van der Waals surface area contributed by atoms with Crippen LogP contribution in [-0.4, -0.2) is 15.1 Å². The van der Waals surface area contributed by atoms with Crippen LogP contribution >= 0.6 is 0 Å². The summed E-state index contributed by atoms with van der Waals surface area (Å²) in [5.74, 6) is 0.242. The fourth-order valence-corrected chi connectivity index (χ4v) is 1.48. The molecule has 2 aromatic rings. The highest BCUT2D eigenvalue weighted by Gasteiger charge is 2.31. The molecule has 0 bridgehead atoms. The van der Waals surface area contributed by atoms with E-state index in [1.54, 1.807) is 0 Å². The maximum atomic E-state index is 12.5. The standard InChI is InChI=1S/C11H11F3N2O/c1-10(2,17)9-15-7-4-3-6(11(12,13)14)5-8(7)16-9/h3-5,17H,1-2H3,(H,15,16). The second kappa shape index (κ2) is 3.46. The van der Waals surface area contributed by atoms with Crippen molar-refractivity contribution in [3.63, 3.8) is 0 Å². The van der Waals surface area contributed by atoms with Crippen molar-refractivity contribution in [1.29, 1.82) is 0 Å². The van der Waals surface area contributed by atoms with Crippen LogP contribution in [0.3, 0.4) is 0 Å². The van der Waals surface area contributed by atoms with E-state index in [4.69, 9.17) is 0 Å². The zero-order valence-electron chi connectivity index (χ0n) is 9.26. The molecular formula is C11H11F3N2O. The minimum absolute atomic E-state index is 0.242. The van der Waals surface area contributed by atoms with Gasteiger partial charge in [-0.25, -0.2) is 4.98 Å². The van der Waals surface area contributed by atoms with Crippen LogP contribution in [0, 0.1) is 0 Å². The maximum absolute atomic E-state index is 12.5. The first-order valence-electron chi connectivity index (χ1n) is 4.98. The van der Waals surface area contributed by atoms with Crippen molar-refractivity contribution >= 4 is 11.0 Å². The zero-order valence-corrected chi connectivity index (χ0v) is 9.26. The third-order valence-corrected chi connectivity index (χ3v) is 2.39. The van der Waals surface area contributed by atoms with Crippen LogP contribution in [0.15, 0.2) is 18.2 Å². The van der Waals surface area contributed by atoms with E-state index in [1.807, 2.05) is 0 Å². The number of aromatic nitrogens is 2. The first-order chi connectivity index (χ1) is 7.68. The van der Waals surface area contributed by atoms with Gasteiger partial charge in [-0.3, -0.25) is 0 Å². The lowest BCUT2D eigenvalue weighted by Crippen LogP contribution is -2.17. The van der Waals surface area contributed by atoms with Crippen LogP contribution in [0.5, 0.6) is 0 Å². The number of fused-ring (bicyclic) bond motifs is 1. The fraction of sp³-hybridized carbons (Fsp3) is 0.364. The van der Waals surface area contributed by atoms with Gasteiger partial charge in [0.1, 0.15) is 11.4 Å². The number of alkyl halides is 3. The number of halogens is 3. The van der Waals surface area contributed by atoms with E-state index in [-0.39, 0.29) is 11.3 Å². The van der Waals surface area contributed by atoms with E-state index in [9.17, 15) is 18.3 Å². The molecule has 0 amide bonds. The highest BCUT2D eigenvalue weighted by atomic mass is 19.4. The molecule has 1 aromatic heterocycles. The summed E-state index contributed by atoms with van der Waals surface area (Å²) >= 11 is 0. The SMILES string of the molecule is CC(C)(O)c1nc2ccc(C(F)(F)F)cc2[nH]1. The summed E-state index contributed by atoms with van der Waals surface area (Å²) in [6.07, 6.45) is -4.38. The van der Waals surface area contributed by atoms with Crippen molar-refractivity contribution < 1.29 is 18.3 Å². The Morgan fingerprint density at radius 3 is 2.41 bits per heavy atom. The number of hydrogen-bond donors (Lipinski definition) is 2. The molecule has 0 saturated carbocycles. The number of benzene rings is 1. The summed E-state index contributed by atoms with van der Waals surface area (Å²) in [7, 11) is 0. The number of H-pyrrole nitrogens is 1. The topological polar surface area (TPSA) is 48.9 Å². The molecule has 0 atom stereocenters. The Labute approximate surface area is 95.3 Å². The number of nitrogens with one attached hydrogen (secondary N) is 1. The Kier molecular flexibility index (Phi) is 2.43. The van der Waals surface area contributed by atoms with Crippen molar-refractivity contribution in [1.82, 2.24) is 9.97 Å². The molecule has 2 rings (SSSR count). The van der Waals surface area contributed by atoms with Gasteiger partial charge in [0, 0.05) is 0 Å². The Balaban J connectivity index is 2.56. The van der Waals surface area contributed by atoms with Gasteiger partial charge in [0.2, 0.25) is 0 Å². The predicted octanol–water partition coefficient (Wildman–Crippen LogP) is 2.81. The van der Waals surface area contributed by atoms with Gasteiger partial charge in [-0.05, 0) is 32.0 Å². The first kappa shape index (κ1) is 11.9. The molecule has 3 nitrogen and oxygen atoms in total. The van der Waals surface area contributed by atoms with E-state index in [2.05, 4.69) is 9.97 Å². The molecule has 92 valence electrons. The number of hydrogen-bond acceptors (Lipinski definition) is 2. The molecule has 0 spiro atoms. The van der Waals surface area contributed by atoms with Gasteiger partial charge in [-0.1, -0.05) is 0 Å². The Hall–Kier alpha value is -1.56. The summed E-state index contributed by atoms with van der Waals surface area (Å²) in [6, 6.07) is 3.23. The zero-order chi connectivity index (χ0) is 12.8. The van der Waals surface area contributed by atoms with Crippen molar-refractivity contribution in [2.75, 3.05) is 0 Å². The van der Waals surface area contributed by atoms with Crippen LogP contribution in [0.1, 0.15) is 25.2 Å². The van der Waals surface area contributed by atoms with Crippen LogP contribution in [0.4, 0.5) is 13.2 Å². The highest BCUT2D eigenvalue weighted by molar-refractivity contribution is 5.76. The lowest BCUT2D eigenvalue weighted by molar-refractivity contribution is -0.137. The maximum Gasteiger partial charge on any atom is 0.416 e. The largest absolute Gasteiger partial charge is 0.416 e. The average Bonchev–Trinajstić information content (AvgIpc) is 2.57. The third kappa shape index (κ3) is 2.26. The summed E-state index contributed by atoms with van der Waals surface area (Å²) in [5, 5.41) is 9.70. The van der Waals surface area contributed by atoms with Crippen LogP contribution in [0.25, 0.3) is 11.0 Å². The quantitative estimate of drug-likeness (QED) is 0.810. The highest BCUT2D eigenvalue weighted by Crippen LogP contribution is 2.31. The van der Waals surface area contributed by atoms with Gasteiger partial charge in [0.25, 0.3) is 0 Å². The lowest BCUT2D eigenvalue weighted by Gasteiger charge is -2.12. The molecule has 0 aliphatic rings. The Morgan fingerprint density at radius 2 is 1.88 bits per heavy atom. The van der Waals surface area contributed by atoms with E-state index in [0.717, 1.165) is 12.1 Å². The van der Waals surface area contributed by atoms with Crippen molar-refractivity contribution in [2.45, 2.75) is 25.6 Å². The number of nitrogens with zero attached hydrogens (tertiary/aromatic N) is 1. The summed E-state index contributed by atoms with van der Waals surface area (Å²) < 4.78 is 37.4. The second-order valence-electron chi connectivity index (χ2n) is 4.37. The summed E-state index contributed by atoms with van der Waals surface area (Å²) in [6.45, 7) is 3.02. The second-order valence-corrected chi connectivity index (χ2v) is 4.37. The van der Waals surface area contributed by atoms with E-state index in [1.165, 1.54) is 19.9 Å². The normalized spacial score (nSPS) is 13.3. The number of aliphatic hydroxyl groups is 1. The molecule has 0 aliphatic heterocycles. The smallest absolute Gasteiger partial charge is 0.383 e. The fourth-order valence-electron chi connectivity index (χ4n) is 1.48. The average molecular weight is 244 g/mol. The van der Waals surface area contributed by atoms with Crippen LogP contribution in [-0.2, 0) is 11.8 Å². The molecule has 1 heterocycles. The number of aromatic amines is 1. The van der Waals surface area contributed by atoms with E-state index >= 15 is 0 Å². The van der Waals surface area contributed by atoms with E-state index in [0.29, 0.717) is 5.52 Å². The van der Waals surface area contributed by atoms with Crippen LogP contribution in [0.2, 0.25) is 0 Å². The molecule has 0 unspecified atom stereocenters. The molecule has 2 N–H and O–H groups in total. The Morgan fingerprint density at radius 1 is 1.24 bits per heavy atom. The number of rotatable bonds is 1. The van der Waals surface area contributed by atoms with Crippen LogP contribution < -0.4 is 0 Å². The van der Waals surface area contributed by atoms with Gasteiger partial charge in [-0.15, -0.1) is 0 Å². The monoisotopic (exact) mass is 244 g/mol. The van der Waals surface area contributed by atoms with E-state index < -0.39 is 17.3 Å². The minimum atomic E-state index is -4.38. The van der Waals surface area contributed by atoms with Gasteiger partial charge >= 0.3 is 6.18 Å². The summed E-state index contributed by atoms with van der Waals surface area (Å²) in [4.78, 5) is 6.72. The molecular weight excluding hydrogens is 233 g/mol. The summed E-state index contributed by atoms with van der Waals surface area (Å²) in [5.41, 5.74) is -1.29. The molecule has 17 heavy (non-hydrogen) atoms. The van der Waals surface area contributed by atoms with Crippen molar-refractivity contribution in [3.05, 3.63) is 29.6 Å². The first-order valence-corrected chi connectivity index (χ1v) is 4.98. The number of imidazole rings is 1. The third-order valence-electron chi connectivity index (χ3n) is 2.39. The van der Waals surface area contributed by atoms with Crippen molar-refractivity contribution in [3.8, 4) is 0 Å². The molecule has 6 heteroatoms. The van der Waals surface area contributed by atoms with Gasteiger partial charge < -0.3 is 10.1 Å². The molecule has 0 fully saturated rings. The van der Waals surface area contributed by atoms with Crippen molar-refractivity contribution in [2.24, 2.45) is 0 Å². The minimum Gasteiger partial charge on any atom is -0.383 e. The molecule has 0 radical (unpaired) electrons. The predicted molar refractivity (Wildman–Crippen MR) is 56.3 cm³/mol. The van der Waals surface area contributed by atoms with Gasteiger partial charge in [-0.2, -0.15) is 13.2 Å². The molecule has 0 aliphatic carbocycles. The Bertz CT molecular complexity index is 540. The lowest BCUT2D eigenvalue weighted by atomic mass is 10.1.